The number of hydrogen-bond acceptors (Lipinski definition) is 5. The van der Waals surface area contributed by atoms with Gasteiger partial charge >= 0.3 is 5.97 Å². The second kappa shape index (κ2) is 6.88. The Balaban J connectivity index is 2.66. The summed E-state index contributed by atoms with van der Waals surface area (Å²) in [4.78, 5) is 17.5. The molecule has 7 nitrogen and oxygen atoms in total. The molecule has 0 atom stereocenters. The second-order valence-electron chi connectivity index (χ2n) is 5.26. The minimum atomic E-state index is -3.77. The fourth-order valence-corrected chi connectivity index (χ4v) is 2.15. The average Bonchev–Trinajstić information content (AvgIpc) is 2.36. The van der Waals surface area contributed by atoms with Gasteiger partial charge in [-0.05, 0) is 45.0 Å². The SMILES string of the molecule is CC(C)(C)ONS(=O)(=O)c1ccc(OCCC(=O)O)cc1. The molecule has 2 N–H and O–H groups in total. The van der Waals surface area contributed by atoms with E-state index in [4.69, 9.17) is 14.7 Å². The van der Waals surface area contributed by atoms with E-state index in [2.05, 4.69) is 0 Å². The summed E-state index contributed by atoms with van der Waals surface area (Å²) < 4.78 is 29.0. The minimum Gasteiger partial charge on any atom is -0.493 e. The molecule has 0 aliphatic carbocycles. The van der Waals surface area contributed by atoms with Crippen molar-refractivity contribution < 1.29 is 27.9 Å². The summed E-state index contributed by atoms with van der Waals surface area (Å²) >= 11 is 0. The topological polar surface area (TPSA) is 102 Å². The van der Waals surface area contributed by atoms with Gasteiger partial charge in [-0.3, -0.25) is 9.63 Å². The van der Waals surface area contributed by atoms with Crippen LogP contribution in [0.4, 0.5) is 0 Å². The molecule has 118 valence electrons. The van der Waals surface area contributed by atoms with E-state index in [-0.39, 0.29) is 17.9 Å². The van der Waals surface area contributed by atoms with Gasteiger partial charge in [0.2, 0.25) is 0 Å². The number of carboxylic acid groups (broad SMARTS) is 1. The smallest absolute Gasteiger partial charge is 0.306 e. The molecule has 8 heteroatoms. The maximum Gasteiger partial charge on any atom is 0.306 e. The number of ether oxygens (including phenoxy) is 1. The lowest BCUT2D eigenvalue weighted by Gasteiger charge is -2.19. The van der Waals surface area contributed by atoms with Gasteiger partial charge in [-0.15, -0.1) is 0 Å². The van der Waals surface area contributed by atoms with Crippen LogP contribution in [0.25, 0.3) is 0 Å². The standard InChI is InChI=1S/C13H19NO6S/c1-13(2,3)20-14-21(17,18)11-6-4-10(5-7-11)19-9-8-12(15)16/h4-7,14H,8-9H2,1-3H3,(H,15,16). The molecule has 0 radical (unpaired) electrons. The summed E-state index contributed by atoms with van der Waals surface area (Å²) in [6, 6.07) is 5.61. The van der Waals surface area contributed by atoms with Gasteiger partial charge < -0.3 is 9.84 Å². The van der Waals surface area contributed by atoms with E-state index in [9.17, 15) is 13.2 Å². The molecule has 0 unspecified atom stereocenters. The lowest BCUT2D eigenvalue weighted by Crippen LogP contribution is -2.33. The summed E-state index contributed by atoms with van der Waals surface area (Å²) in [7, 11) is -3.77. The third-order valence-corrected chi connectivity index (χ3v) is 3.37. The highest BCUT2D eigenvalue weighted by Crippen LogP contribution is 2.17. The monoisotopic (exact) mass is 317 g/mol. The van der Waals surface area contributed by atoms with Crippen LogP contribution in [0.1, 0.15) is 27.2 Å². The molecule has 0 fully saturated rings. The molecular formula is C13H19NO6S. The first kappa shape index (κ1) is 17.4. The van der Waals surface area contributed by atoms with Gasteiger partial charge in [-0.1, -0.05) is 4.89 Å². The molecule has 0 saturated heterocycles. The molecule has 0 bridgehead atoms. The minimum absolute atomic E-state index is 0.0207. The number of nitrogens with one attached hydrogen (secondary N) is 1. The fourth-order valence-electron chi connectivity index (χ4n) is 1.20. The van der Waals surface area contributed by atoms with Gasteiger partial charge in [-0.25, -0.2) is 8.42 Å². The zero-order chi connectivity index (χ0) is 16.1. The number of rotatable bonds is 7. The van der Waals surface area contributed by atoms with Crippen molar-refractivity contribution in [2.24, 2.45) is 0 Å². The van der Waals surface area contributed by atoms with E-state index < -0.39 is 21.6 Å². The number of sulfonamides is 1. The molecule has 1 rings (SSSR count). The largest absolute Gasteiger partial charge is 0.493 e. The summed E-state index contributed by atoms with van der Waals surface area (Å²) in [6.45, 7) is 5.17. The maximum absolute atomic E-state index is 11.9. The number of carbonyl (C=O) groups is 1. The van der Waals surface area contributed by atoms with Gasteiger partial charge in [0, 0.05) is 0 Å². The van der Waals surface area contributed by atoms with Crippen molar-refractivity contribution in [2.75, 3.05) is 6.61 Å². The van der Waals surface area contributed by atoms with E-state index in [0.717, 1.165) is 0 Å². The van der Waals surface area contributed by atoms with Crippen LogP contribution in [0, 0.1) is 0 Å². The Morgan fingerprint density at radius 1 is 1.24 bits per heavy atom. The van der Waals surface area contributed by atoms with Crippen LogP contribution in [0.3, 0.4) is 0 Å². The van der Waals surface area contributed by atoms with Crippen molar-refractivity contribution in [2.45, 2.75) is 37.7 Å². The number of hydrogen-bond donors (Lipinski definition) is 2. The van der Waals surface area contributed by atoms with E-state index in [1.165, 1.54) is 24.3 Å². The lowest BCUT2D eigenvalue weighted by molar-refractivity contribution is -0.137. The number of carboxylic acids is 1. The van der Waals surface area contributed by atoms with Crippen molar-refractivity contribution >= 4 is 16.0 Å². The first-order valence-corrected chi connectivity index (χ1v) is 7.73. The quantitative estimate of drug-likeness (QED) is 0.740. The number of benzene rings is 1. The average molecular weight is 317 g/mol. The molecule has 1 aromatic rings. The highest BCUT2D eigenvalue weighted by molar-refractivity contribution is 7.89. The normalized spacial score (nSPS) is 12.1. The Labute approximate surface area is 123 Å². The summed E-state index contributed by atoms with van der Waals surface area (Å²) in [5, 5.41) is 8.49. The Morgan fingerprint density at radius 2 is 1.81 bits per heavy atom. The third kappa shape index (κ3) is 6.56. The van der Waals surface area contributed by atoms with Gasteiger partial charge in [0.1, 0.15) is 5.75 Å². The van der Waals surface area contributed by atoms with E-state index >= 15 is 0 Å². The van der Waals surface area contributed by atoms with Crippen molar-refractivity contribution in [1.29, 1.82) is 0 Å². The van der Waals surface area contributed by atoms with Crippen molar-refractivity contribution in [1.82, 2.24) is 4.89 Å². The molecule has 0 aromatic heterocycles. The Morgan fingerprint density at radius 3 is 2.29 bits per heavy atom. The molecule has 0 heterocycles. The molecule has 0 aliphatic rings. The van der Waals surface area contributed by atoms with Crippen LogP contribution in [0.2, 0.25) is 0 Å². The Kier molecular flexibility index (Phi) is 5.70. The Bertz CT molecular complexity index is 574. The van der Waals surface area contributed by atoms with E-state index in [0.29, 0.717) is 5.75 Å². The molecular weight excluding hydrogens is 298 g/mol. The first-order valence-electron chi connectivity index (χ1n) is 6.25. The van der Waals surface area contributed by atoms with Gasteiger partial charge in [-0.2, -0.15) is 0 Å². The summed E-state index contributed by atoms with van der Waals surface area (Å²) in [5.74, 6) is -0.565. The molecule has 0 saturated carbocycles. The van der Waals surface area contributed by atoms with Crippen LogP contribution in [0.5, 0.6) is 5.75 Å². The van der Waals surface area contributed by atoms with Gasteiger partial charge in [0.05, 0.1) is 23.5 Å². The lowest BCUT2D eigenvalue weighted by atomic mass is 10.2. The zero-order valence-electron chi connectivity index (χ0n) is 12.1. The van der Waals surface area contributed by atoms with Crippen LogP contribution in [0.15, 0.2) is 29.2 Å². The zero-order valence-corrected chi connectivity index (χ0v) is 12.9. The third-order valence-electron chi connectivity index (χ3n) is 2.18. The molecule has 0 spiro atoms. The van der Waals surface area contributed by atoms with E-state index in [1.807, 2.05) is 4.89 Å². The summed E-state index contributed by atoms with van der Waals surface area (Å²) in [6.07, 6.45) is -0.124. The van der Waals surface area contributed by atoms with Gasteiger partial charge in [0.15, 0.2) is 0 Å². The Hall–Kier alpha value is -1.64. The highest BCUT2D eigenvalue weighted by Gasteiger charge is 2.19. The van der Waals surface area contributed by atoms with Crippen molar-refractivity contribution in [3.63, 3.8) is 0 Å². The molecule has 21 heavy (non-hydrogen) atoms. The van der Waals surface area contributed by atoms with Crippen LogP contribution >= 0.6 is 0 Å². The molecule has 0 aliphatic heterocycles. The first-order chi connectivity index (χ1) is 9.60. The van der Waals surface area contributed by atoms with Crippen molar-refractivity contribution in [3.05, 3.63) is 24.3 Å². The maximum atomic E-state index is 11.9. The van der Waals surface area contributed by atoms with Crippen LogP contribution in [-0.2, 0) is 19.7 Å². The van der Waals surface area contributed by atoms with Gasteiger partial charge in [0.25, 0.3) is 10.0 Å². The van der Waals surface area contributed by atoms with E-state index in [1.54, 1.807) is 20.8 Å². The molecule has 1 aromatic carbocycles. The number of aliphatic carboxylic acids is 1. The van der Waals surface area contributed by atoms with Crippen LogP contribution in [-0.4, -0.2) is 31.7 Å². The fraction of sp³-hybridized carbons (Fsp3) is 0.462. The highest BCUT2D eigenvalue weighted by atomic mass is 32.2. The van der Waals surface area contributed by atoms with Crippen LogP contribution < -0.4 is 9.62 Å². The second-order valence-corrected chi connectivity index (χ2v) is 6.91. The predicted molar refractivity (Wildman–Crippen MR) is 75.3 cm³/mol. The predicted octanol–water partition coefficient (Wildman–Crippen LogP) is 1.55. The molecule has 0 amide bonds. The summed E-state index contributed by atoms with van der Waals surface area (Å²) in [5.41, 5.74) is -0.646. The van der Waals surface area contributed by atoms with Crippen molar-refractivity contribution in [3.8, 4) is 5.75 Å².